The summed E-state index contributed by atoms with van der Waals surface area (Å²) in [5.74, 6) is -1.57. The Morgan fingerprint density at radius 3 is 2.25 bits per heavy atom. The van der Waals surface area contributed by atoms with E-state index in [2.05, 4.69) is 0 Å². The fourth-order valence-corrected chi connectivity index (χ4v) is 2.86. The van der Waals surface area contributed by atoms with Crippen LogP contribution in [-0.2, 0) is 4.79 Å². The van der Waals surface area contributed by atoms with Gasteiger partial charge in [0.25, 0.3) is 0 Å². The summed E-state index contributed by atoms with van der Waals surface area (Å²) in [5, 5.41) is 18.0. The first kappa shape index (κ1) is 17.6. The molecule has 0 fully saturated rings. The van der Waals surface area contributed by atoms with E-state index in [9.17, 15) is 4.79 Å². The van der Waals surface area contributed by atoms with Crippen LogP contribution in [0.2, 0.25) is 0 Å². The van der Waals surface area contributed by atoms with Gasteiger partial charge in [-0.05, 0) is 24.3 Å². The minimum Gasteiger partial charge on any atom is -0.481 e. The van der Waals surface area contributed by atoms with Crippen LogP contribution < -0.4 is 0 Å². The molecule has 1 aromatic rings. The minimum atomic E-state index is -1.52. The summed E-state index contributed by atoms with van der Waals surface area (Å²) in [6.07, 6.45) is 0.717. The summed E-state index contributed by atoms with van der Waals surface area (Å²) in [6.45, 7) is -0.0840. The van der Waals surface area contributed by atoms with Crippen molar-refractivity contribution in [3.05, 3.63) is 35.9 Å². The number of carboxylic acids is 1. The smallest absolute Gasteiger partial charge is 0.303 e. The molecule has 2 atom stereocenters. The topological polar surface area (TPSA) is 57.5 Å². The third kappa shape index (κ3) is 5.88. The Labute approximate surface area is 133 Å². The maximum atomic E-state index is 10.9. The second-order valence-corrected chi connectivity index (χ2v) is 7.09. The molecule has 0 radical (unpaired) electrons. The Hall–Kier alpha value is -0.480. The van der Waals surface area contributed by atoms with Crippen LogP contribution in [0.15, 0.2) is 30.3 Å². The first-order chi connectivity index (χ1) is 9.34. The standard InChI is InChI=1S/C14H17Cl3O3/c15-14(16,17)12(11-4-2-1-3-5-11)8-10(6-7-18)9-13(19)20/h1-5,10,12,18H,6-9H2,(H,19,20). The van der Waals surface area contributed by atoms with Crippen molar-refractivity contribution in [2.24, 2.45) is 5.92 Å². The van der Waals surface area contributed by atoms with Crippen molar-refractivity contribution in [1.29, 1.82) is 0 Å². The quantitative estimate of drug-likeness (QED) is 0.738. The van der Waals surface area contributed by atoms with Gasteiger partial charge in [-0.1, -0.05) is 65.1 Å². The average molecular weight is 340 g/mol. The van der Waals surface area contributed by atoms with Crippen LogP contribution in [0.1, 0.15) is 30.7 Å². The zero-order chi connectivity index (χ0) is 15.2. The van der Waals surface area contributed by atoms with E-state index in [1.54, 1.807) is 0 Å². The number of aliphatic carboxylic acids is 1. The van der Waals surface area contributed by atoms with E-state index in [1.165, 1.54) is 0 Å². The number of benzene rings is 1. The second kappa shape index (κ2) is 8.08. The number of carbonyl (C=O) groups is 1. The summed E-state index contributed by atoms with van der Waals surface area (Å²) < 4.78 is -1.52. The molecule has 0 saturated heterocycles. The Bertz CT molecular complexity index is 417. The van der Waals surface area contributed by atoms with Crippen LogP contribution in [0.25, 0.3) is 0 Å². The van der Waals surface area contributed by atoms with Gasteiger partial charge in [-0.3, -0.25) is 4.79 Å². The van der Waals surface area contributed by atoms with Gasteiger partial charge in [-0.15, -0.1) is 0 Å². The highest BCUT2D eigenvalue weighted by atomic mass is 35.6. The van der Waals surface area contributed by atoms with Crippen LogP contribution in [0.3, 0.4) is 0 Å². The molecule has 20 heavy (non-hydrogen) atoms. The van der Waals surface area contributed by atoms with Crippen molar-refractivity contribution in [2.75, 3.05) is 6.61 Å². The van der Waals surface area contributed by atoms with Crippen LogP contribution in [0.5, 0.6) is 0 Å². The van der Waals surface area contributed by atoms with Crippen molar-refractivity contribution >= 4 is 40.8 Å². The molecule has 6 heteroatoms. The molecule has 0 heterocycles. The molecule has 0 spiro atoms. The van der Waals surface area contributed by atoms with Crippen molar-refractivity contribution in [2.45, 2.75) is 29.0 Å². The van der Waals surface area contributed by atoms with Crippen LogP contribution in [0.4, 0.5) is 0 Å². The fraction of sp³-hybridized carbons (Fsp3) is 0.500. The second-order valence-electron chi connectivity index (χ2n) is 4.72. The lowest BCUT2D eigenvalue weighted by atomic mass is 9.86. The fourth-order valence-electron chi connectivity index (χ4n) is 2.21. The summed E-state index contributed by atoms with van der Waals surface area (Å²) in [5.41, 5.74) is 0.848. The molecule has 0 aliphatic heterocycles. The lowest BCUT2D eigenvalue weighted by molar-refractivity contribution is -0.138. The Morgan fingerprint density at radius 2 is 1.80 bits per heavy atom. The minimum absolute atomic E-state index is 0.0510. The number of hydrogen-bond donors (Lipinski definition) is 2. The normalized spacial score (nSPS) is 14.8. The van der Waals surface area contributed by atoms with E-state index < -0.39 is 15.7 Å². The highest BCUT2D eigenvalue weighted by Gasteiger charge is 2.35. The van der Waals surface area contributed by atoms with Crippen molar-refractivity contribution in [3.63, 3.8) is 0 Å². The van der Waals surface area contributed by atoms with Crippen molar-refractivity contribution < 1.29 is 15.0 Å². The number of carboxylic acid groups (broad SMARTS) is 1. The number of hydrogen-bond acceptors (Lipinski definition) is 2. The Morgan fingerprint density at radius 1 is 1.20 bits per heavy atom. The number of halogens is 3. The van der Waals surface area contributed by atoms with E-state index in [-0.39, 0.29) is 18.9 Å². The lowest BCUT2D eigenvalue weighted by Crippen LogP contribution is -2.22. The summed E-state index contributed by atoms with van der Waals surface area (Å²) in [6, 6.07) is 9.25. The predicted molar refractivity (Wildman–Crippen MR) is 81.5 cm³/mol. The van der Waals surface area contributed by atoms with Crippen LogP contribution in [0, 0.1) is 5.92 Å². The molecule has 2 unspecified atom stereocenters. The SMILES string of the molecule is O=C(O)CC(CCO)CC(c1ccccc1)C(Cl)(Cl)Cl. The third-order valence-electron chi connectivity index (χ3n) is 3.17. The van der Waals surface area contributed by atoms with Gasteiger partial charge in [0, 0.05) is 18.9 Å². The van der Waals surface area contributed by atoms with E-state index in [0.29, 0.717) is 12.8 Å². The molecule has 1 aromatic carbocycles. The van der Waals surface area contributed by atoms with E-state index in [1.807, 2.05) is 30.3 Å². The number of aliphatic hydroxyl groups is 1. The zero-order valence-electron chi connectivity index (χ0n) is 10.8. The largest absolute Gasteiger partial charge is 0.481 e. The molecule has 0 aliphatic rings. The van der Waals surface area contributed by atoms with Gasteiger partial charge in [0.05, 0.1) is 0 Å². The number of aliphatic hydroxyl groups excluding tert-OH is 1. The van der Waals surface area contributed by atoms with Gasteiger partial charge in [-0.2, -0.15) is 0 Å². The molecular formula is C14H17Cl3O3. The average Bonchev–Trinajstić information content (AvgIpc) is 2.35. The van der Waals surface area contributed by atoms with Crippen LogP contribution in [-0.4, -0.2) is 26.6 Å². The monoisotopic (exact) mass is 338 g/mol. The summed E-state index contributed by atoms with van der Waals surface area (Å²) in [4.78, 5) is 10.9. The maximum absolute atomic E-state index is 10.9. The zero-order valence-corrected chi connectivity index (χ0v) is 13.1. The molecule has 1 rings (SSSR count). The number of alkyl halides is 3. The predicted octanol–water partition coefficient (Wildman–Crippen LogP) is 4.00. The molecule has 2 N–H and O–H groups in total. The van der Waals surface area contributed by atoms with Crippen LogP contribution >= 0.6 is 34.8 Å². The molecule has 112 valence electrons. The first-order valence-corrected chi connectivity index (χ1v) is 7.42. The third-order valence-corrected chi connectivity index (χ3v) is 3.96. The van der Waals surface area contributed by atoms with Crippen molar-refractivity contribution in [3.8, 4) is 0 Å². The number of rotatable bonds is 7. The summed E-state index contributed by atoms with van der Waals surface area (Å²) in [7, 11) is 0. The highest BCUT2D eigenvalue weighted by molar-refractivity contribution is 6.68. The van der Waals surface area contributed by atoms with Gasteiger partial charge >= 0.3 is 5.97 Å². The van der Waals surface area contributed by atoms with Crippen molar-refractivity contribution in [1.82, 2.24) is 0 Å². The Kier molecular flexibility index (Phi) is 7.10. The van der Waals surface area contributed by atoms with Gasteiger partial charge in [0.1, 0.15) is 0 Å². The molecule has 0 aliphatic carbocycles. The lowest BCUT2D eigenvalue weighted by Gasteiger charge is -2.28. The van der Waals surface area contributed by atoms with Gasteiger partial charge in [-0.25, -0.2) is 0 Å². The molecule has 3 nitrogen and oxygen atoms in total. The first-order valence-electron chi connectivity index (χ1n) is 6.29. The van der Waals surface area contributed by atoms with E-state index in [4.69, 9.17) is 45.0 Å². The summed E-state index contributed by atoms with van der Waals surface area (Å²) >= 11 is 18.1. The highest BCUT2D eigenvalue weighted by Crippen LogP contribution is 2.45. The molecule has 0 bridgehead atoms. The molecular weight excluding hydrogens is 323 g/mol. The Balaban J connectivity index is 2.91. The molecule has 0 saturated carbocycles. The van der Waals surface area contributed by atoms with Gasteiger partial charge < -0.3 is 10.2 Å². The molecule has 0 amide bonds. The van der Waals surface area contributed by atoms with Gasteiger partial charge in [0.15, 0.2) is 3.79 Å². The van der Waals surface area contributed by atoms with Gasteiger partial charge in [0.2, 0.25) is 0 Å². The van der Waals surface area contributed by atoms with E-state index >= 15 is 0 Å². The molecule has 0 aromatic heterocycles. The maximum Gasteiger partial charge on any atom is 0.303 e. The van der Waals surface area contributed by atoms with E-state index in [0.717, 1.165) is 5.56 Å².